The number of hydrogen-bond donors (Lipinski definition) is 1. The lowest BCUT2D eigenvalue weighted by atomic mass is 9.82. The molecule has 17 heavy (non-hydrogen) atoms. The number of hydrogen-bond acceptors (Lipinski definition) is 1. The van der Waals surface area contributed by atoms with Gasteiger partial charge in [0.1, 0.15) is 5.75 Å². The molecule has 0 amide bonds. The molecule has 1 N–H and O–H groups in total. The third-order valence-corrected chi connectivity index (χ3v) is 3.43. The van der Waals surface area contributed by atoms with Gasteiger partial charge >= 0.3 is 0 Å². The molecule has 1 nitrogen and oxygen atoms in total. The second kappa shape index (κ2) is 6.68. The van der Waals surface area contributed by atoms with Crippen LogP contribution in [0, 0.1) is 5.41 Å². The second-order valence-electron chi connectivity index (χ2n) is 5.79. The van der Waals surface area contributed by atoms with Gasteiger partial charge in [0.15, 0.2) is 0 Å². The largest absolute Gasteiger partial charge is 0.508 e. The lowest BCUT2D eigenvalue weighted by molar-refractivity contribution is 0.293. The molecule has 0 bridgehead atoms. The highest BCUT2D eigenvalue weighted by molar-refractivity contribution is 5.25. The summed E-state index contributed by atoms with van der Waals surface area (Å²) in [5.74, 6) is 0.359. The van der Waals surface area contributed by atoms with E-state index in [9.17, 15) is 5.11 Å². The van der Waals surface area contributed by atoms with Crippen molar-refractivity contribution >= 4 is 0 Å². The topological polar surface area (TPSA) is 20.2 Å². The molecule has 0 aliphatic rings. The molecule has 96 valence electrons. The Morgan fingerprint density at radius 3 is 2.24 bits per heavy atom. The van der Waals surface area contributed by atoms with E-state index < -0.39 is 0 Å². The van der Waals surface area contributed by atoms with E-state index in [0.29, 0.717) is 11.2 Å². The van der Waals surface area contributed by atoms with E-state index in [0.717, 1.165) is 6.42 Å². The maximum Gasteiger partial charge on any atom is 0.115 e. The van der Waals surface area contributed by atoms with Crippen LogP contribution in [0.5, 0.6) is 5.75 Å². The van der Waals surface area contributed by atoms with E-state index in [-0.39, 0.29) is 0 Å². The van der Waals surface area contributed by atoms with Gasteiger partial charge in [-0.25, -0.2) is 0 Å². The molecule has 0 heterocycles. The molecule has 0 fully saturated rings. The van der Waals surface area contributed by atoms with Crippen LogP contribution in [0.25, 0.3) is 0 Å². The van der Waals surface area contributed by atoms with Crippen LogP contribution in [-0.4, -0.2) is 5.11 Å². The fourth-order valence-corrected chi connectivity index (χ4v) is 2.40. The number of rotatable bonds is 7. The summed E-state index contributed by atoms with van der Waals surface area (Å²) in [5.41, 5.74) is 1.83. The van der Waals surface area contributed by atoms with Crippen LogP contribution in [0.3, 0.4) is 0 Å². The van der Waals surface area contributed by atoms with Gasteiger partial charge in [-0.3, -0.25) is 0 Å². The van der Waals surface area contributed by atoms with Gasteiger partial charge in [0.25, 0.3) is 0 Å². The van der Waals surface area contributed by atoms with E-state index in [1.807, 2.05) is 12.1 Å². The molecule has 0 aliphatic carbocycles. The van der Waals surface area contributed by atoms with Crippen LogP contribution in [0.2, 0.25) is 0 Å². The van der Waals surface area contributed by atoms with Gasteiger partial charge in [0.2, 0.25) is 0 Å². The molecular formula is C16H26O. The number of benzene rings is 1. The van der Waals surface area contributed by atoms with Crippen molar-refractivity contribution in [3.05, 3.63) is 29.8 Å². The van der Waals surface area contributed by atoms with Gasteiger partial charge in [-0.05, 0) is 48.8 Å². The number of aryl methyl sites for hydroxylation is 1. The Kier molecular flexibility index (Phi) is 5.54. The van der Waals surface area contributed by atoms with Gasteiger partial charge in [-0.1, -0.05) is 45.7 Å². The number of phenolic OH excluding ortho intramolecular Hbond substituents is 1. The van der Waals surface area contributed by atoms with Crippen molar-refractivity contribution in [1.82, 2.24) is 0 Å². The highest BCUT2D eigenvalue weighted by atomic mass is 16.3. The molecule has 0 saturated heterocycles. The summed E-state index contributed by atoms with van der Waals surface area (Å²) in [6.07, 6.45) is 7.60. The van der Waals surface area contributed by atoms with E-state index >= 15 is 0 Å². The Labute approximate surface area is 106 Å². The van der Waals surface area contributed by atoms with Crippen LogP contribution < -0.4 is 0 Å². The smallest absolute Gasteiger partial charge is 0.115 e. The molecular weight excluding hydrogens is 208 g/mol. The summed E-state index contributed by atoms with van der Waals surface area (Å²) >= 11 is 0. The van der Waals surface area contributed by atoms with Crippen LogP contribution in [0.4, 0.5) is 0 Å². The van der Waals surface area contributed by atoms with Crippen molar-refractivity contribution in [1.29, 1.82) is 0 Å². The Morgan fingerprint density at radius 1 is 1.00 bits per heavy atom. The lowest BCUT2D eigenvalue weighted by Crippen LogP contribution is -2.10. The second-order valence-corrected chi connectivity index (χ2v) is 5.79. The Bertz CT molecular complexity index is 311. The Hall–Kier alpha value is -0.980. The number of unbranched alkanes of at least 4 members (excludes halogenated alkanes) is 1. The summed E-state index contributed by atoms with van der Waals surface area (Å²) in [6.45, 7) is 7.01. The average molecular weight is 234 g/mol. The highest BCUT2D eigenvalue weighted by Crippen LogP contribution is 2.29. The molecule has 1 rings (SSSR count). The fourth-order valence-electron chi connectivity index (χ4n) is 2.40. The molecule has 0 aliphatic heterocycles. The first kappa shape index (κ1) is 14.1. The van der Waals surface area contributed by atoms with Crippen LogP contribution >= 0.6 is 0 Å². The molecule has 0 spiro atoms. The standard InChI is InChI=1S/C16H26O/c1-4-12-16(2,3)13-6-5-7-14-8-10-15(17)11-9-14/h8-11,17H,4-7,12-13H2,1-3H3. The lowest BCUT2D eigenvalue weighted by Gasteiger charge is -2.23. The first-order chi connectivity index (χ1) is 8.03. The molecule has 1 heteroatoms. The van der Waals surface area contributed by atoms with Crippen LogP contribution in [0.1, 0.15) is 58.4 Å². The zero-order valence-corrected chi connectivity index (χ0v) is 11.5. The van der Waals surface area contributed by atoms with Gasteiger partial charge in [0, 0.05) is 0 Å². The van der Waals surface area contributed by atoms with E-state index in [1.54, 1.807) is 12.1 Å². The summed E-state index contributed by atoms with van der Waals surface area (Å²) < 4.78 is 0. The minimum absolute atomic E-state index is 0.359. The minimum atomic E-state index is 0.359. The monoisotopic (exact) mass is 234 g/mol. The zero-order valence-electron chi connectivity index (χ0n) is 11.5. The van der Waals surface area contributed by atoms with Gasteiger partial charge in [-0.2, -0.15) is 0 Å². The first-order valence-electron chi connectivity index (χ1n) is 6.81. The molecule has 0 saturated carbocycles. The van der Waals surface area contributed by atoms with E-state index in [1.165, 1.54) is 37.7 Å². The van der Waals surface area contributed by atoms with Crippen molar-refractivity contribution in [2.45, 2.75) is 59.3 Å². The number of phenols is 1. The highest BCUT2D eigenvalue weighted by Gasteiger charge is 2.15. The van der Waals surface area contributed by atoms with Crippen molar-refractivity contribution in [3.63, 3.8) is 0 Å². The van der Waals surface area contributed by atoms with Crippen LogP contribution in [-0.2, 0) is 6.42 Å². The van der Waals surface area contributed by atoms with E-state index in [2.05, 4.69) is 20.8 Å². The SMILES string of the molecule is CCCC(C)(C)CCCCc1ccc(O)cc1. The number of aromatic hydroxyl groups is 1. The average Bonchev–Trinajstić information content (AvgIpc) is 2.27. The Morgan fingerprint density at radius 2 is 1.65 bits per heavy atom. The minimum Gasteiger partial charge on any atom is -0.508 e. The van der Waals surface area contributed by atoms with Gasteiger partial charge < -0.3 is 5.11 Å². The Balaban J connectivity index is 2.22. The normalized spacial score (nSPS) is 11.7. The zero-order chi connectivity index (χ0) is 12.7. The summed E-state index contributed by atoms with van der Waals surface area (Å²) in [4.78, 5) is 0. The van der Waals surface area contributed by atoms with Crippen molar-refractivity contribution < 1.29 is 5.11 Å². The van der Waals surface area contributed by atoms with Gasteiger partial charge in [0.05, 0.1) is 0 Å². The summed E-state index contributed by atoms with van der Waals surface area (Å²) in [7, 11) is 0. The summed E-state index contributed by atoms with van der Waals surface area (Å²) in [5, 5.41) is 9.19. The third kappa shape index (κ3) is 5.76. The third-order valence-electron chi connectivity index (χ3n) is 3.43. The van der Waals surface area contributed by atoms with Gasteiger partial charge in [-0.15, -0.1) is 0 Å². The molecule has 0 aromatic heterocycles. The molecule has 0 radical (unpaired) electrons. The van der Waals surface area contributed by atoms with E-state index in [4.69, 9.17) is 0 Å². The molecule has 1 aromatic carbocycles. The predicted octanol–water partition coefficient (Wildman–Crippen LogP) is 4.93. The van der Waals surface area contributed by atoms with Crippen molar-refractivity contribution in [2.24, 2.45) is 5.41 Å². The summed E-state index contributed by atoms with van der Waals surface area (Å²) in [6, 6.07) is 7.59. The molecule has 0 unspecified atom stereocenters. The predicted molar refractivity (Wildman–Crippen MR) is 74.4 cm³/mol. The van der Waals surface area contributed by atoms with Crippen LogP contribution in [0.15, 0.2) is 24.3 Å². The molecule has 0 atom stereocenters. The first-order valence-corrected chi connectivity index (χ1v) is 6.81. The fraction of sp³-hybridized carbons (Fsp3) is 0.625. The van der Waals surface area contributed by atoms with Crippen molar-refractivity contribution in [3.8, 4) is 5.75 Å². The molecule has 1 aromatic rings. The maximum atomic E-state index is 9.19. The van der Waals surface area contributed by atoms with Crippen molar-refractivity contribution in [2.75, 3.05) is 0 Å². The maximum absolute atomic E-state index is 9.19. The quantitative estimate of drug-likeness (QED) is 0.663.